The van der Waals surface area contributed by atoms with Gasteiger partial charge in [-0.3, -0.25) is 20.2 Å². The zero-order valence-electron chi connectivity index (χ0n) is 10.8. The SMILES string of the molecule is O=[N+]([O-])c1cc(N=Nc2ccc(O)c([N+](=O)[O-])c2)ccc1O. The van der Waals surface area contributed by atoms with Gasteiger partial charge >= 0.3 is 11.4 Å². The van der Waals surface area contributed by atoms with Crippen molar-refractivity contribution in [1.29, 1.82) is 0 Å². The second-order valence-corrected chi connectivity index (χ2v) is 4.06. The molecule has 0 heterocycles. The first-order chi connectivity index (χ1) is 10.4. The number of rotatable bonds is 4. The van der Waals surface area contributed by atoms with E-state index in [2.05, 4.69) is 10.2 Å². The van der Waals surface area contributed by atoms with Gasteiger partial charge in [-0.05, 0) is 24.3 Å². The van der Waals surface area contributed by atoms with E-state index in [9.17, 15) is 30.4 Å². The van der Waals surface area contributed by atoms with Gasteiger partial charge in [0.2, 0.25) is 0 Å². The fourth-order valence-electron chi connectivity index (χ4n) is 1.56. The Morgan fingerprint density at radius 3 is 1.45 bits per heavy atom. The minimum absolute atomic E-state index is 0.0835. The van der Waals surface area contributed by atoms with Gasteiger partial charge in [-0.15, -0.1) is 0 Å². The van der Waals surface area contributed by atoms with Crippen LogP contribution in [0.3, 0.4) is 0 Å². The number of benzene rings is 2. The predicted molar refractivity (Wildman–Crippen MR) is 73.7 cm³/mol. The number of aromatic hydroxyl groups is 2. The van der Waals surface area contributed by atoms with Crippen LogP contribution in [0.2, 0.25) is 0 Å². The molecule has 112 valence electrons. The quantitative estimate of drug-likeness (QED) is 0.502. The molecule has 0 aromatic heterocycles. The number of nitro benzene ring substituents is 2. The maximum atomic E-state index is 10.7. The van der Waals surface area contributed by atoms with Crippen molar-refractivity contribution in [2.75, 3.05) is 0 Å². The average molecular weight is 304 g/mol. The third-order valence-corrected chi connectivity index (χ3v) is 2.59. The summed E-state index contributed by atoms with van der Waals surface area (Å²) < 4.78 is 0. The highest BCUT2D eigenvalue weighted by Crippen LogP contribution is 2.33. The molecule has 0 radical (unpaired) electrons. The van der Waals surface area contributed by atoms with Crippen molar-refractivity contribution >= 4 is 22.7 Å². The molecule has 0 amide bonds. The summed E-state index contributed by atoms with van der Waals surface area (Å²) in [5.74, 6) is -1.02. The van der Waals surface area contributed by atoms with E-state index in [0.29, 0.717) is 0 Å². The van der Waals surface area contributed by atoms with Crippen LogP contribution in [-0.2, 0) is 0 Å². The number of phenolic OH excluding ortho intramolecular Hbond substituents is 2. The van der Waals surface area contributed by atoms with Crippen LogP contribution in [0.1, 0.15) is 0 Å². The van der Waals surface area contributed by atoms with E-state index in [1.807, 2.05) is 0 Å². The summed E-state index contributed by atoms with van der Waals surface area (Å²) in [6, 6.07) is 6.78. The number of nitro groups is 2. The molecule has 22 heavy (non-hydrogen) atoms. The van der Waals surface area contributed by atoms with Crippen molar-refractivity contribution < 1.29 is 20.1 Å². The first-order valence-electron chi connectivity index (χ1n) is 5.75. The summed E-state index contributed by atoms with van der Waals surface area (Å²) in [5.41, 5.74) is -0.901. The second-order valence-electron chi connectivity index (χ2n) is 4.06. The van der Waals surface area contributed by atoms with Crippen molar-refractivity contribution in [3.05, 3.63) is 56.6 Å². The Hall–Kier alpha value is -3.56. The maximum absolute atomic E-state index is 10.7. The first-order valence-corrected chi connectivity index (χ1v) is 5.75. The zero-order valence-corrected chi connectivity index (χ0v) is 10.8. The summed E-state index contributed by atoms with van der Waals surface area (Å²) in [6.45, 7) is 0. The van der Waals surface area contributed by atoms with Gasteiger partial charge in [-0.25, -0.2) is 0 Å². The summed E-state index contributed by atoms with van der Waals surface area (Å²) in [4.78, 5) is 19.8. The van der Waals surface area contributed by atoms with Crippen molar-refractivity contribution in [3.63, 3.8) is 0 Å². The smallest absolute Gasteiger partial charge is 0.312 e. The molecule has 2 aromatic carbocycles. The van der Waals surface area contributed by atoms with Gasteiger partial charge < -0.3 is 10.2 Å². The van der Waals surface area contributed by atoms with Crippen molar-refractivity contribution in [2.24, 2.45) is 10.2 Å². The molecule has 0 unspecified atom stereocenters. The molecule has 0 aliphatic heterocycles. The fraction of sp³-hybridized carbons (Fsp3) is 0. The molecule has 10 nitrogen and oxygen atoms in total. The number of phenols is 2. The summed E-state index contributed by atoms with van der Waals surface area (Å²) in [5, 5.41) is 47.3. The average Bonchev–Trinajstić information content (AvgIpc) is 2.47. The fourth-order valence-corrected chi connectivity index (χ4v) is 1.56. The van der Waals surface area contributed by atoms with E-state index in [0.717, 1.165) is 24.3 Å². The standard InChI is InChI=1S/C12H8N4O6/c17-11-3-1-7(5-9(11)15(19)20)13-14-8-2-4-12(18)10(6-8)16(21)22/h1-6,17-18H. The van der Waals surface area contributed by atoms with Crippen LogP contribution in [0.4, 0.5) is 22.7 Å². The molecule has 0 fully saturated rings. The Balaban J connectivity index is 2.33. The van der Waals surface area contributed by atoms with E-state index >= 15 is 0 Å². The van der Waals surface area contributed by atoms with Crippen LogP contribution in [0, 0.1) is 20.2 Å². The molecule has 0 aliphatic carbocycles. The van der Waals surface area contributed by atoms with Gasteiger partial charge in [0.25, 0.3) is 0 Å². The summed E-state index contributed by atoms with van der Waals surface area (Å²) in [7, 11) is 0. The van der Waals surface area contributed by atoms with E-state index in [1.54, 1.807) is 0 Å². The molecule has 0 atom stereocenters. The number of hydrogen-bond acceptors (Lipinski definition) is 8. The molecule has 0 saturated carbocycles. The van der Waals surface area contributed by atoms with Crippen LogP contribution in [0.15, 0.2) is 46.6 Å². The molecular formula is C12H8N4O6. The van der Waals surface area contributed by atoms with Crippen LogP contribution < -0.4 is 0 Å². The van der Waals surface area contributed by atoms with E-state index in [-0.39, 0.29) is 11.4 Å². The number of nitrogens with zero attached hydrogens (tertiary/aromatic N) is 4. The summed E-state index contributed by atoms with van der Waals surface area (Å²) >= 11 is 0. The van der Waals surface area contributed by atoms with Gasteiger partial charge in [0.15, 0.2) is 11.5 Å². The van der Waals surface area contributed by atoms with Crippen LogP contribution in [-0.4, -0.2) is 20.1 Å². The molecule has 0 saturated heterocycles. The minimum Gasteiger partial charge on any atom is -0.502 e. The van der Waals surface area contributed by atoms with E-state index < -0.39 is 32.7 Å². The van der Waals surface area contributed by atoms with Crippen LogP contribution in [0.5, 0.6) is 11.5 Å². The topological polar surface area (TPSA) is 151 Å². The van der Waals surface area contributed by atoms with E-state index in [1.165, 1.54) is 12.1 Å². The Kier molecular flexibility index (Phi) is 3.93. The Morgan fingerprint density at radius 2 is 1.14 bits per heavy atom. The Bertz CT molecular complexity index is 724. The third-order valence-electron chi connectivity index (χ3n) is 2.59. The second kappa shape index (κ2) is 5.83. The molecule has 0 aliphatic rings. The van der Waals surface area contributed by atoms with Crippen molar-refractivity contribution in [1.82, 2.24) is 0 Å². The van der Waals surface area contributed by atoms with Gasteiger partial charge in [0, 0.05) is 12.1 Å². The van der Waals surface area contributed by atoms with Gasteiger partial charge in [-0.1, -0.05) is 0 Å². The molecule has 0 bridgehead atoms. The van der Waals surface area contributed by atoms with Crippen molar-refractivity contribution in [3.8, 4) is 11.5 Å². The van der Waals surface area contributed by atoms with Crippen LogP contribution >= 0.6 is 0 Å². The lowest BCUT2D eigenvalue weighted by atomic mass is 10.2. The predicted octanol–water partition coefficient (Wildman–Crippen LogP) is 3.33. The van der Waals surface area contributed by atoms with E-state index in [4.69, 9.17) is 0 Å². The summed E-state index contributed by atoms with van der Waals surface area (Å²) in [6.07, 6.45) is 0. The molecule has 2 aromatic rings. The van der Waals surface area contributed by atoms with Gasteiger partial charge in [0.05, 0.1) is 21.2 Å². The van der Waals surface area contributed by atoms with Crippen LogP contribution in [0.25, 0.3) is 0 Å². The highest BCUT2D eigenvalue weighted by molar-refractivity contribution is 5.57. The number of azo groups is 1. The lowest BCUT2D eigenvalue weighted by molar-refractivity contribution is -0.386. The van der Waals surface area contributed by atoms with Crippen molar-refractivity contribution in [2.45, 2.75) is 0 Å². The minimum atomic E-state index is -0.778. The molecule has 0 spiro atoms. The highest BCUT2D eigenvalue weighted by atomic mass is 16.6. The Morgan fingerprint density at radius 1 is 0.773 bits per heavy atom. The Labute approximate surface area is 122 Å². The van der Waals surface area contributed by atoms with Gasteiger partial charge in [0.1, 0.15) is 0 Å². The third kappa shape index (κ3) is 3.12. The normalized spacial score (nSPS) is 10.7. The molecule has 2 rings (SSSR count). The lowest BCUT2D eigenvalue weighted by Gasteiger charge is -1.98. The molecular weight excluding hydrogens is 296 g/mol. The monoisotopic (exact) mass is 304 g/mol. The highest BCUT2D eigenvalue weighted by Gasteiger charge is 2.15. The zero-order chi connectivity index (χ0) is 16.3. The maximum Gasteiger partial charge on any atom is 0.312 e. The molecule has 2 N–H and O–H groups in total. The largest absolute Gasteiger partial charge is 0.502 e. The van der Waals surface area contributed by atoms with Gasteiger partial charge in [-0.2, -0.15) is 10.2 Å². The first kappa shape index (κ1) is 14.8. The molecule has 10 heteroatoms. The lowest BCUT2D eigenvalue weighted by Crippen LogP contribution is -1.88. The number of hydrogen-bond donors (Lipinski definition) is 2.